The summed E-state index contributed by atoms with van der Waals surface area (Å²) in [4.78, 5) is 12.6. The van der Waals surface area contributed by atoms with Crippen LogP contribution in [0.1, 0.15) is 6.42 Å². The van der Waals surface area contributed by atoms with Crippen molar-refractivity contribution in [1.29, 1.82) is 0 Å². The van der Waals surface area contributed by atoms with E-state index in [2.05, 4.69) is 0 Å². The maximum Gasteiger partial charge on any atom is 0.228 e. The van der Waals surface area contributed by atoms with Gasteiger partial charge in [0.15, 0.2) is 9.84 Å². The molecular weight excluding hydrogens is 323 g/mol. The van der Waals surface area contributed by atoms with Crippen molar-refractivity contribution in [1.82, 2.24) is 0 Å². The maximum absolute atomic E-state index is 13.8. The van der Waals surface area contributed by atoms with Crippen molar-refractivity contribution in [2.24, 2.45) is 5.14 Å². The van der Waals surface area contributed by atoms with E-state index in [-0.39, 0.29) is 23.5 Å². The van der Waals surface area contributed by atoms with Gasteiger partial charge >= 0.3 is 0 Å². The van der Waals surface area contributed by atoms with Crippen molar-refractivity contribution in [2.45, 2.75) is 16.6 Å². The number of nitrogens with zero attached hydrogens (tertiary/aromatic N) is 1. The maximum atomic E-state index is 13.8. The second-order valence-electron chi connectivity index (χ2n) is 4.80. The van der Waals surface area contributed by atoms with Crippen LogP contribution in [0.15, 0.2) is 23.1 Å². The quantitative estimate of drug-likeness (QED) is 0.756. The number of halogens is 1. The summed E-state index contributed by atoms with van der Waals surface area (Å²) in [7, 11) is -7.51. The fourth-order valence-corrected chi connectivity index (χ4v) is 3.43. The fraction of sp³-hybridized carbons (Fsp3) is 0.364. The molecular formula is C11H13FN2O5S2. The molecule has 1 aliphatic heterocycles. The molecule has 0 saturated carbocycles. The Balaban J connectivity index is 2.46. The normalized spacial score (nSPS) is 20.0. The van der Waals surface area contributed by atoms with Gasteiger partial charge in [-0.25, -0.2) is 26.4 Å². The lowest BCUT2D eigenvalue weighted by Gasteiger charge is -2.18. The van der Waals surface area contributed by atoms with Gasteiger partial charge in [-0.2, -0.15) is 0 Å². The first-order valence-electron chi connectivity index (χ1n) is 5.82. The Kier molecular flexibility index (Phi) is 3.80. The number of carbonyl (C=O) groups is 1. The average Bonchev–Trinajstić information content (AvgIpc) is 2.70. The Morgan fingerprint density at radius 3 is 2.38 bits per heavy atom. The van der Waals surface area contributed by atoms with E-state index in [0.717, 1.165) is 29.4 Å². The zero-order valence-corrected chi connectivity index (χ0v) is 12.6. The smallest absolute Gasteiger partial charge is 0.228 e. The summed E-state index contributed by atoms with van der Waals surface area (Å²) >= 11 is 0. The molecule has 116 valence electrons. The van der Waals surface area contributed by atoms with Crippen molar-refractivity contribution in [3.05, 3.63) is 24.0 Å². The molecule has 1 unspecified atom stereocenters. The van der Waals surface area contributed by atoms with Crippen LogP contribution in [-0.4, -0.2) is 40.8 Å². The van der Waals surface area contributed by atoms with E-state index in [4.69, 9.17) is 5.14 Å². The van der Waals surface area contributed by atoms with Crippen molar-refractivity contribution in [3.63, 3.8) is 0 Å². The van der Waals surface area contributed by atoms with E-state index in [0.29, 0.717) is 0 Å². The summed E-state index contributed by atoms with van der Waals surface area (Å²) in [6.45, 7) is -0.304. The molecule has 2 N–H and O–H groups in total. The van der Waals surface area contributed by atoms with Crippen LogP contribution in [0, 0.1) is 5.82 Å². The summed E-state index contributed by atoms with van der Waals surface area (Å²) < 4.78 is 59.3. The molecule has 1 amide bonds. The number of sulfonamides is 1. The molecule has 1 atom stereocenters. The van der Waals surface area contributed by atoms with Crippen LogP contribution in [0.4, 0.5) is 10.1 Å². The van der Waals surface area contributed by atoms with Gasteiger partial charge in [0.1, 0.15) is 11.1 Å². The molecule has 0 bridgehead atoms. The number of rotatable bonds is 3. The first-order valence-corrected chi connectivity index (χ1v) is 9.32. The van der Waals surface area contributed by atoms with Crippen LogP contribution in [0.5, 0.6) is 0 Å². The summed E-state index contributed by atoms with van der Waals surface area (Å²) in [5.41, 5.74) is -0.269. The molecule has 1 aromatic carbocycles. The highest BCUT2D eigenvalue weighted by Crippen LogP contribution is 2.28. The lowest BCUT2D eigenvalue weighted by Crippen LogP contribution is -2.32. The van der Waals surface area contributed by atoms with Crippen LogP contribution in [-0.2, 0) is 24.7 Å². The molecule has 0 aromatic heterocycles. The molecule has 0 spiro atoms. The van der Waals surface area contributed by atoms with Crippen LogP contribution in [0.2, 0.25) is 0 Å². The highest BCUT2D eigenvalue weighted by Gasteiger charge is 2.38. The average molecular weight is 336 g/mol. The summed E-state index contributed by atoms with van der Waals surface area (Å²) in [6, 6.07) is 3.00. The minimum Gasteiger partial charge on any atom is -0.308 e. The highest BCUT2D eigenvalue weighted by atomic mass is 32.2. The number of hydrogen-bond donors (Lipinski definition) is 1. The molecule has 2 rings (SSSR count). The zero-order valence-electron chi connectivity index (χ0n) is 11.0. The molecule has 1 heterocycles. The Hall–Kier alpha value is -1.52. The molecule has 1 aliphatic rings. The first kappa shape index (κ1) is 15.9. The number of primary sulfonamides is 1. The standard InChI is InChI=1S/C11H13FN2O5S2/c1-20(16,17)7-2-3-9(12)10(4-7)14-6-8(5-11(14)15)21(13,18)19/h2-4,8H,5-6H2,1H3,(H2,13,18,19). The molecule has 1 aromatic rings. The predicted molar refractivity (Wildman–Crippen MR) is 73.4 cm³/mol. The van der Waals surface area contributed by atoms with Crippen molar-refractivity contribution in [3.8, 4) is 0 Å². The van der Waals surface area contributed by atoms with Gasteiger partial charge in [-0.3, -0.25) is 4.79 Å². The van der Waals surface area contributed by atoms with Gasteiger partial charge in [0.05, 0.1) is 10.6 Å². The predicted octanol–water partition coefficient (Wildman–Crippen LogP) is -0.377. The Morgan fingerprint density at radius 1 is 1.29 bits per heavy atom. The minimum absolute atomic E-state index is 0.161. The number of sulfone groups is 1. The van der Waals surface area contributed by atoms with Crippen molar-refractivity contribution >= 4 is 31.5 Å². The number of anilines is 1. The summed E-state index contributed by atoms with van der Waals surface area (Å²) in [6.07, 6.45) is 0.588. The van der Waals surface area contributed by atoms with E-state index < -0.39 is 36.8 Å². The van der Waals surface area contributed by atoms with E-state index in [9.17, 15) is 26.0 Å². The van der Waals surface area contributed by atoms with Crippen LogP contribution in [0.3, 0.4) is 0 Å². The molecule has 21 heavy (non-hydrogen) atoms. The number of benzene rings is 1. The third-order valence-electron chi connectivity index (χ3n) is 3.19. The molecule has 0 aliphatic carbocycles. The van der Waals surface area contributed by atoms with E-state index in [1.165, 1.54) is 0 Å². The fourth-order valence-electron chi connectivity index (χ4n) is 2.06. The third-order valence-corrected chi connectivity index (χ3v) is 5.55. The van der Waals surface area contributed by atoms with Crippen molar-refractivity contribution in [2.75, 3.05) is 17.7 Å². The first-order chi connectivity index (χ1) is 9.50. The second kappa shape index (κ2) is 5.04. The van der Waals surface area contributed by atoms with Gasteiger partial charge in [-0.1, -0.05) is 0 Å². The number of amides is 1. The number of nitrogens with two attached hydrogens (primary N) is 1. The number of hydrogen-bond acceptors (Lipinski definition) is 5. The molecule has 10 heteroatoms. The summed E-state index contributed by atoms with van der Waals surface area (Å²) in [5, 5.41) is 3.85. The van der Waals surface area contributed by atoms with Gasteiger partial charge < -0.3 is 4.90 Å². The molecule has 0 radical (unpaired) electrons. The molecule has 1 saturated heterocycles. The SMILES string of the molecule is CS(=O)(=O)c1ccc(F)c(N2CC(S(N)(=O)=O)CC2=O)c1. The third kappa shape index (κ3) is 3.22. The minimum atomic E-state index is -3.93. The largest absolute Gasteiger partial charge is 0.308 e. The van der Waals surface area contributed by atoms with E-state index in [1.54, 1.807) is 0 Å². The topological polar surface area (TPSA) is 115 Å². The van der Waals surface area contributed by atoms with E-state index >= 15 is 0 Å². The lowest BCUT2D eigenvalue weighted by molar-refractivity contribution is -0.117. The van der Waals surface area contributed by atoms with Gasteiger partial charge in [-0.15, -0.1) is 0 Å². The Bertz CT molecular complexity index is 804. The van der Waals surface area contributed by atoms with Crippen LogP contribution < -0.4 is 10.0 Å². The Morgan fingerprint density at radius 2 is 1.90 bits per heavy atom. The lowest BCUT2D eigenvalue weighted by atomic mass is 10.3. The van der Waals surface area contributed by atoms with Crippen LogP contribution in [0.25, 0.3) is 0 Å². The Labute approximate surface area is 121 Å². The summed E-state index contributed by atoms with van der Waals surface area (Å²) in [5.74, 6) is -1.44. The second-order valence-corrected chi connectivity index (χ2v) is 8.67. The van der Waals surface area contributed by atoms with Gasteiger partial charge in [0.2, 0.25) is 15.9 Å². The van der Waals surface area contributed by atoms with Crippen LogP contribution >= 0.6 is 0 Å². The van der Waals surface area contributed by atoms with Gasteiger partial charge in [-0.05, 0) is 18.2 Å². The zero-order chi connectivity index (χ0) is 16.0. The molecule has 1 fully saturated rings. The monoisotopic (exact) mass is 336 g/mol. The molecule has 7 nitrogen and oxygen atoms in total. The van der Waals surface area contributed by atoms with Crippen molar-refractivity contribution < 1.29 is 26.0 Å². The number of carbonyl (C=O) groups excluding carboxylic acids is 1. The highest BCUT2D eigenvalue weighted by molar-refractivity contribution is 7.90. The van der Waals surface area contributed by atoms with Gasteiger partial charge in [0.25, 0.3) is 0 Å². The van der Waals surface area contributed by atoms with Gasteiger partial charge in [0, 0.05) is 19.2 Å². The van der Waals surface area contributed by atoms with E-state index in [1.807, 2.05) is 0 Å².